The highest BCUT2D eigenvalue weighted by Gasteiger charge is 2.18. The van der Waals surface area contributed by atoms with E-state index < -0.39 is 119 Å². The Balaban J connectivity index is 1.92. The molecule has 0 amide bonds. The van der Waals surface area contributed by atoms with Crippen LogP contribution in [-0.2, 0) is 0 Å². The minimum atomic E-state index is -0.751. The lowest BCUT2D eigenvalue weighted by atomic mass is 9.89. The third kappa shape index (κ3) is 2.44. The van der Waals surface area contributed by atoms with Gasteiger partial charge in [0, 0.05) is 15.2 Å². The SMILES string of the molecule is [2H]c1c([2H])c(-c2c3c([2H])c([2H])c([2H])c([2H])c3c(Br)c3c([2H])c([2H])c([2H])c([2H])c23)c2c(oc3c([2H])c4c([2H])c([2H])c([2H])c([2H])c4c([2H])c32)c1[2H]. The van der Waals surface area contributed by atoms with E-state index in [0.717, 1.165) is 0 Å². The molecule has 0 bridgehead atoms. The summed E-state index contributed by atoms with van der Waals surface area (Å²) in [7, 11) is 0. The van der Waals surface area contributed by atoms with Gasteiger partial charge >= 0.3 is 0 Å². The molecule has 0 unspecified atom stereocenters. The van der Waals surface area contributed by atoms with Gasteiger partial charge in [0.05, 0.1) is 23.3 Å². The first kappa shape index (κ1) is 8.06. The standard InChI is InChI=1S/C30H17BrO/c31-30-22-12-5-3-10-20(22)28(21-11-4-6-13-23(21)30)24-14-7-15-26-29(24)25-16-18-8-1-2-9-19(18)17-27(25)32-26/h1-17H/i1D,2D,3D,4D,5D,6D,7D,8D,9D,10D,11D,12D,13D,14D,15D,16D,17D. The lowest BCUT2D eigenvalue weighted by Gasteiger charge is -2.15. The highest BCUT2D eigenvalue weighted by Crippen LogP contribution is 2.45. The lowest BCUT2D eigenvalue weighted by molar-refractivity contribution is 0.669. The average molecular weight is 490 g/mol. The lowest BCUT2D eigenvalue weighted by Crippen LogP contribution is -1.88. The van der Waals surface area contributed by atoms with Crippen molar-refractivity contribution in [3.63, 3.8) is 0 Å². The Morgan fingerprint density at radius 1 is 0.562 bits per heavy atom. The Morgan fingerprint density at radius 2 is 1.16 bits per heavy atom. The van der Waals surface area contributed by atoms with Crippen molar-refractivity contribution in [1.29, 1.82) is 0 Å². The van der Waals surface area contributed by atoms with Crippen molar-refractivity contribution in [3.05, 3.63) is 107 Å². The van der Waals surface area contributed by atoms with Gasteiger partial charge in [-0.15, -0.1) is 0 Å². The van der Waals surface area contributed by atoms with Crippen molar-refractivity contribution in [2.75, 3.05) is 0 Å². The molecule has 6 aromatic carbocycles. The second kappa shape index (κ2) is 6.69. The number of hydrogen-bond donors (Lipinski definition) is 0. The molecule has 0 aliphatic rings. The summed E-state index contributed by atoms with van der Waals surface area (Å²) in [5.41, 5.74) is -1.63. The summed E-state index contributed by atoms with van der Waals surface area (Å²) in [5, 5.41) is -2.37. The van der Waals surface area contributed by atoms with Crippen molar-refractivity contribution in [1.82, 2.24) is 0 Å². The van der Waals surface area contributed by atoms with E-state index in [0.29, 0.717) is 0 Å². The molecule has 32 heavy (non-hydrogen) atoms. The van der Waals surface area contributed by atoms with Crippen LogP contribution in [0.1, 0.15) is 23.3 Å². The second-order valence-corrected chi connectivity index (χ2v) is 7.74. The van der Waals surface area contributed by atoms with Gasteiger partial charge < -0.3 is 4.42 Å². The average Bonchev–Trinajstić information content (AvgIpc) is 3.47. The molecule has 1 heterocycles. The summed E-state index contributed by atoms with van der Waals surface area (Å²) < 4.78 is 153. The maximum Gasteiger partial charge on any atom is 0.136 e. The molecule has 0 saturated heterocycles. The Kier molecular flexibility index (Phi) is 1.68. The number of benzene rings is 6. The first-order valence-electron chi connectivity index (χ1n) is 17.8. The maximum atomic E-state index is 9.21. The molecule has 0 spiro atoms. The molecule has 0 N–H and O–H groups in total. The van der Waals surface area contributed by atoms with Gasteiger partial charge in [0.2, 0.25) is 0 Å². The van der Waals surface area contributed by atoms with E-state index in [1.54, 1.807) is 0 Å². The van der Waals surface area contributed by atoms with Crippen molar-refractivity contribution in [2.45, 2.75) is 0 Å². The van der Waals surface area contributed by atoms with Gasteiger partial charge in [0.1, 0.15) is 11.2 Å². The second-order valence-electron chi connectivity index (χ2n) is 6.95. The predicted molar refractivity (Wildman–Crippen MR) is 139 cm³/mol. The van der Waals surface area contributed by atoms with Crippen LogP contribution in [0.2, 0.25) is 0 Å². The third-order valence-electron chi connectivity index (χ3n) is 5.26. The first-order chi connectivity index (χ1) is 22.9. The molecule has 2 heteroatoms. The molecular weight excluding hydrogens is 456 g/mol. The van der Waals surface area contributed by atoms with E-state index in [4.69, 9.17) is 26.3 Å². The number of rotatable bonds is 1. The highest BCUT2D eigenvalue weighted by atomic mass is 79.9. The van der Waals surface area contributed by atoms with Crippen molar-refractivity contribution < 1.29 is 27.7 Å². The van der Waals surface area contributed by atoms with Crippen molar-refractivity contribution in [3.8, 4) is 11.1 Å². The molecule has 150 valence electrons. The zero-order valence-corrected chi connectivity index (χ0v) is 17.4. The molecule has 0 aliphatic carbocycles. The van der Waals surface area contributed by atoms with Crippen LogP contribution in [0.5, 0.6) is 0 Å². The molecule has 7 aromatic rings. The molecule has 1 aromatic heterocycles. The minimum Gasteiger partial charge on any atom is -0.456 e. The summed E-state index contributed by atoms with van der Waals surface area (Å²) in [5.74, 6) is 0. The fourth-order valence-electron chi connectivity index (χ4n) is 3.93. The summed E-state index contributed by atoms with van der Waals surface area (Å²) >= 11 is 3.32. The zero-order valence-electron chi connectivity index (χ0n) is 32.8. The van der Waals surface area contributed by atoms with Crippen molar-refractivity contribution >= 4 is 70.2 Å². The van der Waals surface area contributed by atoms with Crippen molar-refractivity contribution in [2.24, 2.45) is 0 Å². The van der Waals surface area contributed by atoms with E-state index in [-0.39, 0.29) is 53.1 Å². The van der Waals surface area contributed by atoms with Gasteiger partial charge in [-0.25, -0.2) is 0 Å². The monoisotopic (exact) mass is 489 g/mol. The molecule has 0 aliphatic heterocycles. The van der Waals surface area contributed by atoms with Crippen LogP contribution in [0.4, 0.5) is 0 Å². The minimum absolute atomic E-state index is 0.0973. The molecule has 1 nitrogen and oxygen atoms in total. The summed E-state index contributed by atoms with van der Waals surface area (Å²) in [6.45, 7) is 0. The Hall–Kier alpha value is -3.62. The Morgan fingerprint density at radius 3 is 1.84 bits per heavy atom. The van der Waals surface area contributed by atoms with Gasteiger partial charge in [-0.05, 0) is 77.5 Å². The normalized spacial score (nSPS) is 19.3. The molecule has 0 fully saturated rings. The maximum absolute atomic E-state index is 9.21. The van der Waals surface area contributed by atoms with Crippen LogP contribution in [-0.4, -0.2) is 0 Å². The van der Waals surface area contributed by atoms with Gasteiger partial charge in [-0.2, -0.15) is 0 Å². The van der Waals surface area contributed by atoms with Crippen LogP contribution >= 0.6 is 15.9 Å². The van der Waals surface area contributed by atoms with Gasteiger partial charge in [-0.1, -0.05) is 84.6 Å². The van der Waals surface area contributed by atoms with E-state index in [9.17, 15) is 1.37 Å². The van der Waals surface area contributed by atoms with Gasteiger partial charge in [-0.3, -0.25) is 0 Å². The number of hydrogen-bond acceptors (Lipinski definition) is 1. The molecule has 0 atom stereocenters. The first-order valence-corrected chi connectivity index (χ1v) is 10.1. The fraction of sp³-hybridized carbons (Fsp3) is 0. The highest BCUT2D eigenvalue weighted by molar-refractivity contribution is 9.10. The van der Waals surface area contributed by atoms with Gasteiger partial charge in [0.25, 0.3) is 0 Å². The summed E-state index contributed by atoms with van der Waals surface area (Å²) in [6, 6.07) is -11.2. The molecule has 0 radical (unpaired) electrons. The van der Waals surface area contributed by atoms with Crippen LogP contribution in [0.3, 0.4) is 0 Å². The van der Waals surface area contributed by atoms with E-state index in [1.807, 2.05) is 0 Å². The van der Waals surface area contributed by atoms with E-state index in [1.165, 1.54) is 0 Å². The molecular formula is C30H17BrO. The van der Waals surface area contributed by atoms with Crippen LogP contribution in [0.25, 0.3) is 65.4 Å². The number of furan rings is 1. The predicted octanol–water partition coefficient (Wildman–Crippen LogP) is 9.48. The summed E-state index contributed by atoms with van der Waals surface area (Å²) in [6.07, 6.45) is 0. The summed E-state index contributed by atoms with van der Waals surface area (Å²) in [4.78, 5) is 0. The van der Waals surface area contributed by atoms with Crippen LogP contribution in [0.15, 0.2) is 112 Å². The van der Waals surface area contributed by atoms with E-state index >= 15 is 0 Å². The Bertz CT molecular complexity index is 2670. The topological polar surface area (TPSA) is 13.1 Å². The van der Waals surface area contributed by atoms with Gasteiger partial charge in [0.15, 0.2) is 0 Å². The molecule has 0 saturated carbocycles. The third-order valence-corrected chi connectivity index (χ3v) is 6.05. The quantitative estimate of drug-likeness (QED) is 0.209. The molecule has 7 rings (SSSR count). The smallest absolute Gasteiger partial charge is 0.136 e. The van der Waals surface area contributed by atoms with E-state index in [2.05, 4.69) is 15.9 Å². The fourth-order valence-corrected chi connectivity index (χ4v) is 4.53. The Labute approximate surface area is 216 Å². The number of halogens is 1. The number of fused-ring (bicyclic) bond motifs is 6. The largest absolute Gasteiger partial charge is 0.456 e. The van der Waals surface area contributed by atoms with Crippen LogP contribution in [0, 0.1) is 0 Å². The zero-order chi connectivity index (χ0) is 36.0. The van der Waals surface area contributed by atoms with Crippen LogP contribution < -0.4 is 0 Å².